The maximum absolute atomic E-state index is 11.8. The minimum absolute atomic E-state index is 0.183. The Hall–Kier alpha value is -3.35. The normalized spacial score (nSPS) is 9.71. The van der Waals surface area contributed by atoms with Crippen LogP contribution < -0.4 is 16.0 Å². The Bertz CT molecular complexity index is 714. The summed E-state index contributed by atoms with van der Waals surface area (Å²) in [6.45, 7) is -0.183. The van der Waals surface area contributed by atoms with Gasteiger partial charge in [-0.2, -0.15) is 0 Å². The third-order valence-corrected chi connectivity index (χ3v) is 3.03. The van der Waals surface area contributed by atoms with Crippen LogP contribution in [-0.2, 0) is 9.53 Å². The van der Waals surface area contributed by atoms with Crippen molar-refractivity contribution in [1.29, 1.82) is 0 Å². The van der Waals surface area contributed by atoms with Crippen molar-refractivity contribution in [3.05, 3.63) is 60.2 Å². The number of hydrogen-bond donors (Lipinski definition) is 3. The number of carbonyl (C=O) groups is 3. The molecule has 0 radical (unpaired) electrons. The number of anilines is 2. The number of nitrogens with one attached hydrogen (secondary N) is 3. The third kappa shape index (κ3) is 5.13. The molecule has 2 aromatic rings. The van der Waals surface area contributed by atoms with Gasteiger partial charge >= 0.3 is 12.0 Å². The first kappa shape index (κ1) is 17.0. The topological polar surface area (TPSA) is 96.5 Å². The molecule has 24 heavy (non-hydrogen) atoms. The molecule has 7 nitrogen and oxygen atoms in total. The Kier molecular flexibility index (Phi) is 5.90. The number of para-hydroxylation sites is 1. The largest absolute Gasteiger partial charge is 0.465 e. The monoisotopic (exact) mass is 327 g/mol. The molecule has 0 saturated heterocycles. The molecule has 0 fully saturated rings. The summed E-state index contributed by atoms with van der Waals surface area (Å²) in [7, 11) is 1.30. The van der Waals surface area contributed by atoms with E-state index in [1.807, 2.05) is 6.07 Å². The molecule has 0 bridgehead atoms. The molecule has 0 atom stereocenters. The van der Waals surface area contributed by atoms with Gasteiger partial charge in [0.05, 0.1) is 19.2 Å². The van der Waals surface area contributed by atoms with Crippen LogP contribution in [0.1, 0.15) is 10.4 Å². The highest BCUT2D eigenvalue weighted by Gasteiger charge is 2.08. The first-order valence-corrected chi connectivity index (χ1v) is 7.16. The first-order chi connectivity index (χ1) is 11.6. The number of amides is 3. The lowest BCUT2D eigenvalue weighted by Gasteiger charge is -2.08. The lowest BCUT2D eigenvalue weighted by atomic mass is 10.2. The van der Waals surface area contributed by atoms with Gasteiger partial charge in [0.2, 0.25) is 5.91 Å². The highest BCUT2D eigenvalue weighted by Crippen LogP contribution is 2.10. The summed E-state index contributed by atoms with van der Waals surface area (Å²) in [5.74, 6) is -0.837. The molecule has 3 N–H and O–H groups in total. The Morgan fingerprint density at radius 3 is 2.12 bits per heavy atom. The third-order valence-electron chi connectivity index (χ3n) is 3.03. The molecule has 0 aliphatic rings. The van der Waals surface area contributed by atoms with Crippen molar-refractivity contribution in [1.82, 2.24) is 5.32 Å². The Labute approximate surface area is 139 Å². The van der Waals surface area contributed by atoms with E-state index in [1.165, 1.54) is 19.2 Å². The van der Waals surface area contributed by atoms with Gasteiger partial charge in [0.15, 0.2) is 0 Å². The maximum atomic E-state index is 11.8. The summed E-state index contributed by atoms with van der Waals surface area (Å²) < 4.78 is 4.59. The van der Waals surface area contributed by atoms with E-state index < -0.39 is 12.0 Å². The molecule has 0 unspecified atom stereocenters. The van der Waals surface area contributed by atoms with Crippen molar-refractivity contribution in [3.63, 3.8) is 0 Å². The second kappa shape index (κ2) is 8.33. The molecular weight excluding hydrogens is 310 g/mol. The number of methoxy groups -OCH3 is 1. The highest BCUT2D eigenvalue weighted by molar-refractivity contribution is 5.97. The van der Waals surface area contributed by atoms with Crippen LogP contribution in [-0.4, -0.2) is 31.6 Å². The molecular formula is C17H17N3O4. The molecule has 124 valence electrons. The second-order valence-corrected chi connectivity index (χ2v) is 4.79. The van der Waals surface area contributed by atoms with Gasteiger partial charge in [0, 0.05) is 11.4 Å². The average molecular weight is 327 g/mol. The number of benzene rings is 2. The molecule has 0 aliphatic carbocycles. The number of rotatable bonds is 5. The Balaban J connectivity index is 1.78. The molecule has 0 saturated carbocycles. The van der Waals surface area contributed by atoms with Crippen molar-refractivity contribution >= 4 is 29.3 Å². The summed E-state index contributed by atoms with van der Waals surface area (Å²) in [4.78, 5) is 34.8. The van der Waals surface area contributed by atoms with E-state index in [-0.39, 0.29) is 12.5 Å². The van der Waals surface area contributed by atoms with Gasteiger partial charge in [-0.15, -0.1) is 0 Å². The number of esters is 1. The number of ether oxygens (including phenoxy) is 1. The number of carbonyl (C=O) groups excluding carboxylic acids is 3. The molecule has 0 spiro atoms. The second-order valence-electron chi connectivity index (χ2n) is 4.79. The van der Waals surface area contributed by atoms with Gasteiger partial charge in [0.25, 0.3) is 0 Å². The highest BCUT2D eigenvalue weighted by atomic mass is 16.5. The molecule has 2 rings (SSSR count). The number of hydrogen-bond acceptors (Lipinski definition) is 4. The van der Waals surface area contributed by atoms with Crippen molar-refractivity contribution in [3.8, 4) is 0 Å². The zero-order chi connectivity index (χ0) is 17.4. The van der Waals surface area contributed by atoms with Crippen LogP contribution in [0.2, 0.25) is 0 Å². The van der Waals surface area contributed by atoms with Crippen molar-refractivity contribution < 1.29 is 19.1 Å². The van der Waals surface area contributed by atoms with Gasteiger partial charge in [-0.05, 0) is 36.4 Å². The molecule has 0 aromatic heterocycles. The lowest BCUT2D eigenvalue weighted by molar-refractivity contribution is -0.115. The summed E-state index contributed by atoms with van der Waals surface area (Å²) in [6, 6.07) is 14.7. The lowest BCUT2D eigenvalue weighted by Crippen LogP contribution is -2.35. The Morgan fingerprint density at radius 2 is 1.50 bits per heavy atom. The smallest absolute Gasteiger partial charge is 0.337 e. The van der Waals surface area contributed by atoms with Crippen LogP contribution in [0.3, 0.4) is 0 Å². The van der Waals surface area contributed by atoms with Crippen molar-refractivity contribution in [2.75, 3.05) is 24.3 Å². The fraction of sp³-hybridized carbons (Fsp3) is 0.118. The van der Waals surface area contributed by atoms with Crippen molar-refractivity contribution in [2.24, 2.45) is 0 Å². The summed E-state index contributed by atoms with van der Waals surface area (Å²) in [6.07, 6.45) is 0. The SMILES string of the molecule is COC(=O)c1ccc(NC(=O)CNC(=O)Nc2ccccc2)cc1. The van der Waals surface area contributed by atoms with E-state index in [1.54, 1.807) is 36.4 Å². The minimum atomic E-state index is -0.475. The van der Waals surface area contributed by atoms with E-state index in [2.05, 4.69) is 20.7 Å². The van der Waals surface area contributed by atoms with E-state index in [4.69, 9.17) is 0 Å². The predicted octanol–water partition coefficient (Wildman–Crippen LogP) is 2.23. The summed E-state index contributed by atoms with van der Waals surface area (Å²) in [5.41, 5.74) is 1.53. The Morgan fingerprint density at radius 1 is 0.875 bits per heavy atom. The van der Waals surface area contributed by atoms with Gasteiger partial charge in [-0.25, -0.2) is 9.59 Å². The molecule has 7 heteroatoms. The van der Waals surface area contributed by atoms with Gasteiger partial charge in [-0.1, -0.05) is 18.2 Å². The zero-order valence-corrected chi connectivity index (χ0v) is 13.0. The van der Waals surface area contributed by atoms with Crippen LogP contribution in [0.5, 0.6) is 0 Å². The van der Waals surface area contributed by atoms with E-state index in [0.717, 1.165) is 0 Å². The van der Waals surface area contributed by atoms with E-state index >= 15 is 0 Å². The van der Waals surface area contributed by atoms with E-state index in [0.29, 0.717) is 16.9 Å². The summed E-state index contributed by atoms with van der Waals surface area (Å²) >= 11 is 0. The molecule has 0 heterocycles. The van der Waals surface area contributed by atoms with Gasteiger partial charge in [-0.3, -0.25) is 4.79 Å². The quantitative estimate of drug-likeness (QED) is 0.734. The summed E-state index contributed by atoms with van der Waals surface area (Å²) in [5, 5.41) is 7.67. The minimum Gasteiger partial charge on any atom is -0.465 e. The zero-order valence-electron chi connectivity index (χ0n) is 13.0. The number of urea groups is 1. The molecule has 0 aliphatic heterocycles. The van der Waals surface area contributed by atoms with Gasteiger partial charge in [0.1, 0.15) is 0 Å². The van der Waals surface area contributed by atoms with Crippen LogP contribution in [0, 0.1) is 0 Å². The maximum Gasteiger partial charge on any atom is 0.337 e. The fourth-order valence-electron chi connectivity index (χ4n) is 1.87. The first-order valence-electron chi connectivity index (χ1n) is 7.16. The standard InChI is InChI=1S/C17H17N3O4/c1-24-16(22)12-7-9-14(10-8-12)19-15(21)11-18-17(23)20-13-5-3-2-4-6-13/h2-10H,11H2,1H3,(H,19,21)(H2,18,20,23). The predicted molar refractivity (Wildman–Crippen MR) is 89.9 cm³/mol. The fourth-order valence-corrected chi connectivity index (χ4v) is 1.87. The molecule has 3 amide bonds. The van der Waals surface area contributed by atoms with Crippen LogP contribution in [0.15, 0.2) is 54.6 Å². The van der Waals surface area contributed by atoms with Crippen LogP contribution >= 0.6 is 0 Å². The average Bonchev–Trinajstić information content (AvgIpc) is 2.61. The van der Waals surface area contributed by atoms with Crippen LogP contribution in [0.4, 0.5) is 16.2 Å². The molecule has 2 aromatic carbocycles. The van der Waals surface area contributed by atoms with E-state index in [9.17, 15) is 14.4 Å². The van der Waals surface area contributed by atoms with Gasteiger partial charge < -0.3 is 20.7 Å². The van der Waals surface area contributed by atoms with Crippen LogP contribution in [0.25, 0.3) is 0 Å². The van der Waals surface area contributed by atoms with Crippen molar-refractivity contribution in [2.45, 2.75) is 0 Å².